The van der Waals surface area contributed by atoms with Crippen LogP contribution in [0, 0.1) is 5.92 Å². The molecule has 2 rings (SSSR count). The molecule has 7 atom stereocenters. The van der Waals surface area contributed by atoms with E-state index in [4.69, 9.17) is 0 Å². The number of aliphatic hydroxyl groups is 1. The molecule has 2 heterocycles. The van der Waals surface area contributed by atoms with E-state index in [-0.39, 0.29) is 25.3 Å². The van der Waals surface area contributed by atoms with Crippen LogP contribution in [-0.2, 0) is 33.6 Å². The summed E-state index contributed by atoms with van der Waals surface area (Å²) >= 11 is 0. The Kier molecular flexibility index (Phi) is 11.4. The molecule has 6 amide bonds. The molecule has 0 aromatic carbocycles. The summed E-state index contributed by atoms with van der Waals surface area (Å²) in [6.07, 6.45) is -1.46. The van der Waals surface area contributed by atoms with Gasteiger partial charge in [0.2, 0.25) is 35.4 Å². The summed E-state index contributed by atoms with van der Waals surface area (Å²) in [5.41, 5.74) is 0. The second kappa shape index (κ2) is 14.1. The molecule has 2 aliphatic heterocycles. The fraction of sp³-hybridized carbons (Fsp3) is 0.720. The highest BCUT2D eigenvalue weighted by molar-refractivity contribution is 5.99. The van der Waals surface area contributed by atoms with Crippen molar-refractivity contribution in [3.8, 4) is 0 Å². The lowest BCUT2D eigenvalue weighted by molar-refractivity contribution is -0.145. The van der Waals surface area contributed by atoms with Crippen LogP contribution >= 0.6 is 0 Å². The third-order valence-corrected chi connectivity index (χ3v) is 6.74. The van der Waals surface area contributed by atoms with Crippen LogP contribution in [0.5, 0.6) is 0 Å². The average Bonchev–Trinajstić information content (AvgIpc) is 3.34. The second-order valence-corrected chi connectivity index (χ2v) is 10.7. The van der Waals surface area contributed by atoms with Gasteiger partial charge in [-0.3, -0.25) is 33.6 Å². The first-order valence-corrected chi connectivity index (χ1v) is 13.3. The number of amides is 6. The Morgan fingerprint density at radius 2 is 1.35 bits per heavy atom. The molecule has 0 spiro atoms. The molecular formula is C25H40N6O9. The molecule has 7 N–H and O–H groups in total. The van der Waals surface area contributed by atoms with Crippen LogP contribution < -0.4 is 26.6 Å². The van der Waals surface area contributed by atoms with Crippen LogP contribution in [-0.4, -0.2) is 105 Å². The molecule has 0 aromatic rings. The highest BCUT2D eigenvalue weighted by atomic mass is 16.4. The Balaban J connectivity index is 2.49. The summed E-state index contributed by atoms with van der Waals surface area (Å²) < 4.78 is 0. The standard InChI is InChI=1S/C25H40N6O9/c1-11(2)9-15-22(37)29-16(10-18(33)34)23(38)30-19(14(5)32)25(40)31-8-6-7-17(31)24(39)27-12(3)20(35)26-13(4)21(36)28-15/h11-17,19,32H,6-10H2,1-5H3,(H,26,35)(H,27,39)(H,28,36)(H,29,37)(H,30,38)(H,33,34)/t12-,13+,14+,15-,16+,17+,19-/m0/s1. The number of carbonyl (C=O) groups is 7. The van der Waals surface area contributed by atoms with E-state index >= 15 is 0 Å². The van der Waals surface area contributed by atoms with Crippen molar-refractivity contribution in [1.29, 1.82) is 0 Å². The number of aliphatic hydroxyl groups excluding tert-OH is 1. The number of fused-ring (bicyclic) bond motifs is 1. The zero-order chi connectivity index (χ0) is 30.3. The van der Waals surface area contributed by atoms with E-state index in [0.717, 1.165) is 0 Å². The topological polar surface area (TPSA) is 223 Å². The van der Waals surface area contributed by atoms with E-state index in [9.17, 15) is 43.8 Å². The van der Waals surface area contributed by atoms with Crippen LogP contribution in [0.4, 0.5) is 0 Å². The number of carboxylic acid groups (broad SMARTS) is 1. The third-order valence-electron chi connectivity index (χ3n) is 6.74. The van der Waals surface area contributed by atoms with Crippen molar-refractivity contribution in [2.45, 2.75) is 103 Å². The molecule has 0 bridgehead atoms. The number of nitrogens with one attached hydrogen (secondary N) is 5. The predicted octanol–water partition coefficient (Wildman–Crippen LogP) is -2.64. The quantitative estimate of drug-likeness (QED) is 0.184. The summed E-state index contributed by atoms with van der Waals surface area (Å²) in [5, 5.41) is 31.9. The van der Waals surface area contributed by atoms with Gasteiger partial charge in [0.1, 0.15) is 36.3 Å². The maximum atomic E-state index is 13.4. The van der Waals surface area contributed by atoms with Gasteiger partial charge in [-0.25, -0.2) is 0 Å². The third kappa shape index (κ3) is 8.63. The maximum Gasteiger partial charge on any atom is 0.305 e. The van der Waals surface area contributed by atoms with Gasteiger partial charge in [-0.2, -0.15) is 0 Å². The van der Waals surface area contributed by atoms with Crippen LogP contribution in [0.15, 0.2) is 0 Å². The van der Waals surface area contributed by atoms with E-state index in [1.807, 2.05) is 0 Å². The Morgan fingerprint density at radius 1 is 0.825 bits per heavy atom. The first-order valence-electron chi connectivity index (χ1n) is 13.3. The minimum atomic E-state index is -1.65. The molecule has 2 fully saturated rings. The normalized spacial score (nSPS) is 30.2. The van der Waals surface area contributed by atoms with Gasteiger partial charge in [-0.05, 0) is 46.0 Å². The molecule has 0 unspecified atom stereocenters. The Morgan fingerprint density at radius 3 is 1.90 bits per heavy atom. The molecule has 224 valence electrons. The fourth-order valence-electron chi connectivity index (χ4n) is 4.56. The molecule has 0 aromatic heterocycles. The number of carboxylic acids is 1. The Hall–Kier alpha value is -3.75. The maximum absolute atomic E-state index is 13.4. The minimum absolute atomic E-state index is 0.105. The van der Waals surface area contributed by atoms with E-state index in [1.165, 1.54) is 25.7 Å². The van der Waals surface area contributed by atoms with Crippen molar-refractivity contribution in [1.82, 2.24) is 31.5 Å². The first kappa shape index (κ1) is 32.5. The highest BCUT2D eigenvalue weighted by Gasteiger charge is 2.41. The first-order chi connectivity index (χ1) is 18.6. The van der Waals surface area contributed by atoms with Gasteiger partial charge >= 0.3 is 5.97 Å². The van der Waals surface area contributed by atoms with Crippen LogP contribution in [0.2, 0.25) is 0 Å². The van der Waals surface area contributed by atoms with Crippen molar-refractivity contribution in [3.63, 3.8) is 0 Å². The van der Waals surface area contributed by atoms with Crippen molar-refractivity contribution < 1.29 is 43.8 Å². The van der Waals surface area contributed by atoms with Gasteiger partial charge in [0.25, 0.3) is 0 Å². The van der Waals surface area contributed by atoms with Crippen LogP contribution in [0.1, 0.15) is 60.3 Å². The summed E-state index contributed by atoms with van der Waals surface area (Å²) in [7, 11) is 0. The van der Waals surface area contributed by atoms with Crippen LogP contribution in [0.25, 0.3) is 0 Å². The lowest BCUT2D eigenvalue weighted by atomic mass is 10.0. The fourth-order valence-corrected chi connectivity index (χ4v) is 4.56. The monoisotopic (exact) mass is 568 g/mol. The molecule has 0 aliphatic carbocycles. The van der Waals surface area contributed by atoms with Gasteiger partial charge in [-0.15, -0.1) is 0 Å². The summed E-state index contributed by atoms with van der Waals surface area (Å²) in [6.45, 7) is 7.75. The molecule has 0 radical (unpaired) electrons. The number of hydrogen-bond donors (Lipinski definition) is 7. The number of rotatable bonds is 5. The Bertz CT molecular complexity index is 1020. The number of carbonyl (C=O) groups excluding carboxylic acids is 6. The Labute approximate surface area is 232 Å². The van der Waals surface area contributed by atoms with E-state index < -0.39 is 90.2 Å². The lowest BCUT2D eigenvalue weighted by Gasteiger charge is -2.32. The van der Waals surface area contributed by atoms with E-state index in [0.29, 0.717) is 6.42 Å². The molecule has 0 saturated carbocycles. The predicted molar refractivity (Wildman–Crippen MR) is 139 cm³/mol. The van der Waals surface area contributed by atoms with Gasteiger partial charge < -0.3 is 41.7 Å². The van der Waals surface area contributed by atoms with Gasteiger partial charge in [-0.1, -0.05) is 13.8 Å². The summed E-state index contributed by atoms with van der Waals surface area (Å²) in [5.74, 6) is -6.21. The van der Waals surface area contributed by atoms with E-state index in [1.54, 1.807) is 13.8 Å². The van der Waals surface area contributed by atoms with Crippen molar-refractivity contribution in [2.24, 2.45) is 5.92 Å². The molecule has 40 heavy (non-hydrogen) atoms. The van der Waals surface area contributed by atoms with E-state index in [2.05, 4.69) is 26.6 Å². The zero-order valence-electron chi connectivity index (χ0n) is 23.4. The number of hydrogen-bond acceptors (Lipinski definition) is 8. The largest absolute Gasteiger partial charge is 0.481 e. The highest BCUT2D eigenvalue weighted by Crippen LogP contribution is 2.20. The zero-order valence-corrected chi connectivity index (χ0v) is 23.4. The van der Waals surface area contributed by atoms with Gasteiger partial charge in [0.05, 0.1) is 12.5 Å². The van der Waals surface area contributed by atoms with Crippen LogP contribution in [0.3, 0.4) is 0 Å². The number of aliphatic carboxylic acids is 1. The smallest absolute Gasteiger partial charge is 0.305 e. The van der Waals surface area contributed by atoms with Gasteiger partial charge in [0, 0.05) is 6.54 Å². The minimum Gasteiger partial charge on any atom is -0.481 e. The lowest BCUT2D eigenvalue weighted by Crippen LogP contribution is -2.62. The van der Waals surface area contributed by atoms with Gasteiger partial charge in [0.15, 0.2) is 0 Å². The SMILES string of the molecule is CC(C)C[C@@H]1NC(=O)[C@@H](C)NC(=O)[C@H](C)NC(=O)[C@H]2CCCN2C(=O)[C@H]([C@@H](C)O)NC(=O)[C@@H](CC(=O)O)NC1=O. The van der Waals surface area contributed by atoms with Crippen molar-refractivity contribution in [3.05, 3.63) is 0 Å². The molecule has 2 aliphatic rings. The van der Waals surface area contributed by atoms with Crippen molar-refractivity contribution in [2.75, 3.05) is 6.54 Å². The molecular weight excluding hydrogens is 528 g/mol. The molecule has 15 heteroatoms. The molecule has 2 saturated heterocycles. The summed E-state index contributed by atoms with van der Waals surface area (Å²) in [6, 6.07) is -7.57. The number of nitrogens with zero attached hydrogens (tertiary/aromatic N) is 1. The average molecular weight is 569 g/mol. The molecule has 15 nitrogen and oxygen atoms in total. The second-order valence-electron chi connectivity index (χ2n) is 10.7. The van der Waals surface area contributed by atoms with Crippen molar-refractivity contribution >= 4 is 41.4 Å². The summed E-state index contributed by atoms with van der Waals surface area (Å²) in [4.78, 5) is 90.9.